The third-order valence-corrected chi connectivity index (χ3v) is 4.25. The second-order valence-electron chi connectivity index (χ2n) is 6.28. The molecule has 1 amide bonds. The average Bonchev–Trinajstić information content (AvgIpc) is 2.56. The lowest BCUT2D eigenvalue weighted by molar-refractivity contribution is -0.122. The first kappa shape index (κ1) is 17.4. The summed E-state index contributed by atoms with van der Waals surface area (Å²) < 4.78 is 26.6. The number of piperidine rings is 1. The van der Waals surface area contributed by atoms with Crippen molar-refractivity contribution in [3.63, 3.8) is 0 Å². The topological polar surface area (TPSA) is 58.1 Å². The van der Waals surface area contributed by atoms with Crippen molar-refractivity contribution in [1.29, 1.82) is 0 Å². The minimum Gasteiger partial charge on any atom is -0.325 e. The predicted molar refractivity (Wildman–Crippen MR) is 89.8 cm³/mol. The monoisotopic (exact) mass is 346 g/mol. The Morgan fingerprint density at radius 1 is 1.20 bits per heavy atom. The van der Waals surface area contributed by atoms with Gasteiger partial charge in [-0.1, -0.05) is 6.42 Å². The standard InChI is InChI=1S/C18H20F2N4O/c1-12-9-22-16(10-21-12)11-24-5-3-2-4-17(24)18(25)23-15-7-13(19)6-14(20)8-15/h6-10,17H,2-5,11H2,1H3,(H,23,25)/t17-/m0/s1. The maximum Gasteiger partial charge on any atom is 0.241 e. The molecule has 2 heterocycles. The van der Waals surface area contributed by atoms with Crippen molar-refractivity contribution < 1.29 is 13.6 Å². The molecule has 1 atom stereocenters. The van der Waals surface area contributed by atoms with Crippen LogP contribution in [0, 0.1) is 18.6 Å². The van der Waals surface area contributed by atoms with Crippen LogP contribution in [0.25, 0.3) is 0 Å². The fourth-order valence-electron chi connectivity index (χ4n) is 3.04. The Morgan fingerprint density at radius 3 is 2.64 bits per heavy atom. The predicted octanol–water partition coefficient (Wildman–Crippen LogP) is 3.06. The van der Waals surface area contributed by atoms with Gasteiger partial charge >= 0.3 is 0 Å². The molecule has 1 aliphatic heterocycles. The van der Waals surface area contributed by atoms with Crippen molar-refractivity contribution in [1.82, 2.24) is 14.9 Å². The zero-order valence-electron chi connectivity index (χ0n) is 14.0. The van der Waals surface area contributed by atoms with Gasteiger partial charge in [-0.15, -0.1) is 0 Å². The number of rotatable bonds is 4. The maximum atomic E-state index is 13.3. The van der Waals surface area contributed by atoms with Gasteiger partial charge in [0.15, 0.2) is 0 Å². The van der Waals surface area contributed by atoms with Gasteiger partial charge in [0.05, 0.1) is 17.4 Å². The van der Waals surface area contributed by atoms with Crippen molar-refractivity contribution in [2.75, 3.05) is 11.9 Å². The summed E-state index contributed by atoms with van der Waals surface area (Å²) in [6.07, 6.45) is 6.04. The van der Waals surface area contributed by atoms with Crippen LogP contribution in [0.15, 0.2) is 30.6 Å². The Morgan fingerprint density at radius 2 is 1.96 bits per heavy atom. The molecule has 2 aromatic rings. The molecular formula is C18H20F2N4O. The van der Waals surface area contributed by atoms with Crippen molar-refractivity contribution >= 4 is 11.6 Å². The van der Waals surface area contributed by atoms with E-state index in [9.17, 15) is 13.6 Å². The molecule has 1 aromatic heterocycles. The number of nitrogens with zero attached hydrogens (tertiary/aromatic N) is 3. The first-order valence-corrected chi connectivity index (χ1v) is 8.30. The van der Waals surface area contributed by atoms with E-state index in [4.69, 9.17) is 0 Å². The number of anilines is 1. The van der Waals surface area contributed by atoms with Crippen LogP contribution in [-0.4, -0.2) is 33.4 Å². The Labute approximate surface area is 145 Å². The van der Waals surface area contributed by atoms with E-state index in [-0.39, 0.29) is 17.6 Å². The highest BCUT2D eigenvalue weighted by Crippen LogP contribution is 2.21. The maximum absolute atomic E-state index is 13.3. The molecule has 1 aromatic carbocycles. The summed E-state index contributed by atoms with van der Waals surface area (Å²) in [4.78, 5) is 23.2. The molecule has 5 nitrogen and oxygen atoms in total. The highest BCUT2D eigenvalue weighted by Gasteiger charge is 2.29. The average molecular weight is 346 g/mol. The number of aryl methyl sites for hydroxylation is 1. The fourth-order valence-corrected chi connectivity index (χ4v) is 3.04. The highest BCUT2D eigenvalue weighted by molar-refractivity contribution is 5.94. The quantitative estimate of drug-likeness (QED) is 0.924. The van der Waals surface area contributed by atoms with Crippen molar-refractivity contribution in [3.05, 3.63) is 53.6 Å². The van der Waals surface area contributed by atoms with Crippen LogP contribution in [0.4, 0.5) is 14.5 Å². The van der Waals surface area contributed by atoms with E-state index in [0.717, 1.165) is 49.0 Å². The molecule has 7 heteroatoms. The van der Waals surface area contributed by atoms with Crippen molar-refractivity contribution in [2.45, 2.75) is 38.8 Å². The number of halogens is 2. The molecule has 132 valence electrons. The lowest BCUT2D eigenvalue weighted by Gasteiger charge is -2.34. The third-order valence-electron chi connectivity index (χ3n) is 4.25. The molecule has 1 aliphatic rings. The highest BCUT2D eigenvalue weighted by atomic mass is 19.1. The number of amides is 1. The zero-order valence-corrected chi connectivity index (χ0v) is 14.0. The Balaban J connectivity index is 1.71. The largest absolute Gasteiger partial charge is 0.325 e. The molecule has 0 unspecified atom stereocenters. The molecule has 25 heavy (non-hydrogen) atoms. The van der Waals surface area contributed by atoms with Crippen LogP contribution < -0.4 is 5.32 Å². The number of aromatic nitrogens is 2. The lowest BCUT2D eigenvalue weighted by atomic mass is 10.0. The van der Waals surface area contributed by atoms with Crippen molar-refractivity contribution in [2.24, 2.45) is 0 Å². The molecule has 1 fully saturated rings. The van der Waals surface area contributed by atoms with Gasteiger partial charge in [0.2, 0.25) is 5.91 Å². The number of carbonyl (C=O) groups excluding carboxylic acids is 1. The molecule has 0 aliphatic carbocycles. The summed E-state index contributed by atoms with van der Waals surface area (Å²) in [5.74, 6) is -1.69. The van der Waals surface area contributed by atoms with Crippen LogP contribution in [0.5, 0.6) is 0 Å². The van der Waals surface area contributed by atoms with Crippen molar-refractivity contribution in [3.8, 4) is 0 Å². The molecule has 1 N–H and O–H groups in total. The van der Waals surface area contributed by atoms with Gasteiger partial charge < -0.3 is 5.32 Å². The lowest BCUT2D eigenvalue weighted by Crippen LogP contribution is -2.46. The van der Waals surface area contributed by atoms with Gasteiger partial charge in [0.25, 0.3) is 0 Å². The Hall–Kier alpha value is -2.41. The van der Waals surface area contributed by atoms with E-state index in [1.54, 1.807) is 12.4 Å². The summed E-state index contributed by atoms with van der Waals surface area (Å²) in [6.45, 7) is 3.15. The minimum absolute atomic E-state index is 0.128. The van der Waals surface area contributed by atoms with E-state index in [1.165, 1.54) is 0 Å². The minimum atomic E-state index is -0.717. The number of benzene rings is 1. The van der Waals surface area contributed by atoms with E-state index in [2.05, 4.69) is 15.3 Å². The fraction of sp³-hybridized carbons (Fsp3) is 0.389. The molecule has 3 rings (SSSR count). The van der Waals surface area contributed by atoms with Gasteiger partial charge in [-0.25, -0.2) is 8.78 Å². The molecule has 0 bridgehead atoms. The Bertz CT molecular complexity index is 731. The van der Waals surface area contributed by atoms with Crippen LogP contribution in [0.2, 0.25) is 0 Å². The normalized spacial score (nSPS) is 18.1. The number of hydrogen-bond acceptors (Lipinski definition) is 4. The van der Waals surface area contributed by atoms with E-state index in [1.807, 2.05) is 11.8 Å². The van der Waals surface area contributed by atoms with Crippen LogP contribution >= 0.6 is 0 Å². The van der Waals surface area contributed by atoms with Gasteiger partial charge in [-0.3, -0.25) is 19.7 Å². The first-order valence-electron chi connectivity index (χ1n) is 8.30. The Kier molecular flexibility index (Phi) is 5.33. The van der Waals surface area contributed by atoms with Crippen LogP contribution in [0.1, 0.15) is 30.7 Å². The van der Waals surface area contributed by atoms with Gasteiger partial charge in [-0.2, -0.15) is 0 Å². The molecular weight excluding hydrogens is 326 g/mol. The molecule has 0 radical (unpaired) electrons. The van der Waals surface area contributed by atoms with E-state index < -0.39 is 11.6 Å². The summed E-state index contributed by atoms with van der Waals surface area (Å²) in [5, 5.41) is 2.62. The zero-order chi connectivity index (χ0) is 17.8. The summed E-state index contributed by atoms with van der Waals surface area (Å²) in [5.41, 5.74) is 1.76. The molecule has 0 saturated carbocycles. The second-order valence-corrected chi connectivity index (χ2v) is 6.28. The van der Waals surface area contributed by atoms with Gasteiger partial charge in [-0.05, 0) is 38.4 Å². The third kappa shape index (κ3) is 4.57. The number of nitrogens with one attached hydrogen (secondary N) is 1. The summed E-state index contributed by atoms with van der Waals surface area (Å²) in [6, 6.07) is 2.64. The summed E-state index contributed by atoms with van der Waals surface area (Å²) in [7, 11) is 0. The number of hydrogen-bond donors (Lipinski definition) is 1. The SMILES string of the molecule is Cc1cnc(CN2CCCC[C@H]2C(=O)Nc2cc(F)cc(F)c2)cn1. The second kappa shape index (κ2) is 7.65. The number of likely N-dealkylation sites (tertiary alicyclic amines) is 1. The van der Waals surface area contributed by atoms with Crippen LogP contribution in [-0.2, 0) is 11.3 Å². The van der Waals surface area contributed by atoms with Gasteiger partial charge in [0, 0.05) is 30.7 Å². The summed E-state index contributed by atoms with van der Waals surface area (Å²) >= 11 is 0. The molecule has 1 saturated heterocycles. The smallest absolute Gasteiger partial charge is 0.241 e. The first-order chi connectivity index (χ1) is 12.0. The van der Waals surface area contributed by atoms with E-state index in [0.29, 0.717) is 13.0 Å². The number of carbonyl (C=O) groups is 1. The molecule has 0 spiro atoms. The van der Waals surface area contributed by atoms with E-state index >= 15 is 0 Å². The van der Waals surface area contributed by atoms with Crippen LogP contribution in [0.3, 0.4) is 0 Å². The van der Waals surface area contributed by atoms with Gasteiger partial charge in [0.1, 0.15) is 11.6 Å².